The summed E-state index contributed by atoms with van der Waals surface area (Å²) in [4.78, 5) is 21.5. The monoisotopic (exact) mass is 493 g/mol. The lowest BCUT2D eigenvalue weighted by Gasteiger charge is -2.15. The molecule has 6 aromatic rings. The van der Waals surface area contributed by atoms with Crippen LogP contribution in [0.4, 0.5) is 8.78 Å². The van der Waals surface area contributed by atoms with Crippen LogP contribution >= 0.6 is 0 Å². The minimum Gasteiger partial charge on any atom is -0.395 e. The van der Waals surface area contributed by atoms with Gasteiger partial charge in [-0.3, -0.25) is 9.97 Å². The number of ether oxygens (including phenoxy) is 2. The van der Waals surface area contributed by atoms with Crippen molar-refractivity contribution in [1.82, 2.24) is 24.9 Å². The Morgan fingerprint density at radius 2 is 1.65 bits per heavy atom. The number of fused-ring (bicyclic) bond motifs is 3. The normalized spacial score (nSPS) is 13.9. The van der Waals surface area contributed by atoms with E-state index in [4.69, 9.17) is 4.98 Å². The van der Waals surface area contributed by atoms with Crippen LogP contribution in [0.25, 0.3) is 55.6 Å². The second-order valence-electron chi connectivity index (χ2n) is 8.70. The van der Waals surface area contributed by atoms with Crippen LogP contribution in [0.1, 0.15) is 5.56 Å². The van der Waals surface area contributed by atoms with Crippen LogP contribution in [-0.2, 0) is 0 Å². The highest BCUT2D eigenvalue weighted by molar-refractivity contribution is 6.06. The van der Waals surface area contributed by atoms with Gasteiger partial charge < -0.3 is 14.5 Å². The van der Waals surface area contributed by atoms with Crippen LogP contribution in [-0.4, -0.2) is 31.2 Å². The van der Waals surface area contributed by atoms with Crippen molar-refractivity contribution in [1.29, 1.82) is 0 Å². The average Bonchev–Trinajstić information content (AvgIpc) is 3.50. The minimum atomic E-state index is -3.68. The van der Waals surface area contributed by atoms with E-state index in [1.54, 1.807) is 24.8 Å². The molecule has 0 saturated carbocycles. The number of nitrogens with zero attached hydrogens (tertiary/aromatic N) is 4. The van der Waals surface area contributed by atoms with Crippen molar-refractivity contribution in [3.8, 4) is 45.3 Å². The second-order valence-corrected chi connectivity index (χ2v) is 8.70. The van der Waals surface area contributed by atoms with E-state index in [0.29, 0.717) is 11.3 Å². The Kier molecular flexibility index (Phi) is 4.50. The molecule has 7 nitrogen and oxygen atoms in total. The molecule has 0 unspecified atom stereocenters. The van der Waals surface area contributed by atoms with Crippen LogP contribution in [0.5, 0.6) is 11.5 Å². The number of hydrogen-bond acceptors (Lipinski definition) is 6. The molecule has 5 heterocycles. The van der Waals surface area contributed by atoms with Gasteiger partial charge in [0, 0.05) is 40.7 Å². The number of rotatable bonds is 3. The molecule has 0 bridgehead atoms. The highest BCUT2D eigenvalue weighted by Gasteiger charge is 2.43. The number of halogens is 2. The number of benzene rings is 2. The molecule has 1 aliphatic rings. The lowest BCUT2D eigenvalue weighted by Crippen LogP contribution is -2.25. The van der Waals surface area contributed by atoms with E-state index < -0.39 is 6.29 Å². The van der Waals surface area contributed by atoms with Gasteiger partial charge in [-0.1, -0.05) is 12.1 Å². The first-order valence-corrected chi connectivity index (χ1v) is 11.5. The first-order valence-electron chi connectivity index (χ1n) is 11.5. The Morgan fingerprint density at radius 3 is 2.57 bits per heavy atom. The fraction of sp³-hybridized carbons (Fsp3) is 0.0714. The second kappa shape index (κ2) is 7.79. The summed E-state index contributed by atoms with van der Waals surface area (Å²) in [7, 11) is 0. The zero-order valence-electron chi connectivity index (χ0n) is 19.4. The number of pyridine rings is 2. The van der Waals surface area contributed by atoms with Gasteiger partial charge in [-0.25, -0.2) is 9.97 Å². The van der Waals surface area contributed by atoms with Crippen LogP contribution in [0.2, 0.25) is 0 Å². The summed E-state index contributed by atoms with van der Waals surface area (Å²) in [5.74, 6) is -0.0384. The maximum absolute atomic E-state index is 13.6. The Hall–Kier alpha value is -4.92. The SMILES string of the molecule is Cc1ccc2c(-c3ccc4c(c3)OC(F)(F)O4)nccc2c1-c1ncccc1-c1ncnc2cc[nH]c12. The van der Waals surface area contributed by atoms with Crippen LogP contribution in [0.15, 0.2) is 79.5 Å². The van der Waals surface area contributed by atoms with Crippen LogP contribution < -0.4 is 9.47 Å². The molecule has 0 saturated heterocycles. The van der Waals surface area contributed by atoms with Gasteiger partial charge in [-0.2, -0.15) is 0 Å². The van der Waals surface area contributed by atoms with Crippen molar-refractivity contribution >= 4 is 21.8 Å². The van der Waals surface area contributed by atoms with E-state index in [-0.39, 0.29) is 11.5 Å². The summed E-state index contributed by atoms with van der Waals surface area (Å²) in [5, 5.41) is 1.77. The predicted molar refractivity (Wildman–Crippen MR) is 134 cm³/mol. The number of alkyl halides is 2. The van der Waals surface area contributed by atoms with Crippen molar-refractivity contribution in [3.05, 3.63) is 85.1 Å². The Morgan fingerprint density at radius 1 is 0.784 bits per heavy atom. The van der Waals surface area contributed by atoms with Crippen LogP contribution in [0, 0.1) is 6.92 Å². The zero-order valence-corrected chi connectivity index (χ0v) is 19.4. The fourth-order valence-corrected chi connectivity index (χ4v) is 4.88. The predicted octanol–water partition coefficient (Wildman–Crippen LogP) is 6.53. The number of aromatic nitrogens is 5. The molecule has 4 aromatic heterocycles. The molecule has 0 spiro atoms. The quantitative estimate of drug-likeness (QED) is 0.302. The number of aromatic amines is 1. The molecule has 0 amide bonds. The van der Waals surface area contributed by atoms with Crippen molar-refractivity contribution in [2.24, 2.45) is 0 Å². The number of aryl methyl sites for hydroxylation is 1. The minimum absolute atomic E-state index is 0.0101. The lowest BCUT2D eigenvalue weighted by atomic mass is 9.92. The van der Waals surface area contributed by atoms with Gasteiger partial charge in [0.15, 0.2) is 11.5 Å². The van der Waals surface area contributed by atoms with E-state index in [1.807, 2.05) is 49.5 Å². The molecular weight excluding hydrogens is 476 g/mol. The zero-order chi connectivity index (χ0) is 25.1. The molecule has 180 valence electrons. The topological polar surface area (TPSA) is 85.8 Å². The maximum Gasteiger partial charge on any atom is 0.586 e. The van der Waals surface area contributed by atoms with Gasteiger partial charge >= 0.3 is 6.29 Å². The first-order chi connectivity index (χ1) is 18.0. The summed E-state index contributed by atoms with van der Waals surface area (Å²) in [6.07, 6.45) is 3.16. The third-order valence-corrected chi connectivity index (χ3v) is 6.47. The highest BCUT2D eigenvalue weighted by Crippen LogP contribution is 2.44. The number of nitrogens with one attached hydrogen (secondary N) is 1. The molecule has 2 aromatic carbocycles. The highest BCUT2D eigenvalue weighted by atomic mass is 19.3. The Labute approximate surface area is 208 Å². The first kappa shape index (κ1) is 21.4. The molecule has 1 aliphatic heterocycles. The molecule has 9 heteroatoms. The molecule has 0 radical (unpaired) electrons. The summed E-state index contributed by atoms with van der Waals surface area (Å²) in [6.45, 7) is 2.03. The van der Waals surface area contributed by atoms with Crippen molar-refractivity contribution in [2.75, 3.05) is 0 Å². The van der Waals surface area contributed by atoms with Gasteiger partial charge in [0.05, 0.1) is 28.1 Å². The van der Waals surface area contributed by atoms with Crippen molar-refractivity contribution < 1.29 is 18.3 Å². The standard InChI is InChI=1S/C28H17F2N5O2/c1-15-4-6-18-17(8-11-32-24(18)16-5-7-21-22(13-16)37-28(29,30)36-21)23(15)25-19(3-2-10-31-25)26-27-20(9-12-33-27)34-14-35-26/h2-14,33H,1H3. The van der Waals surface area contributed by atoms with E-state index in [0.717, 1.165) is 49.9 Å². The van der Waals surface area contributed by atoms with Gasteiger partial charge in [0.2, 0.25) is 0 Å². The molecule has 7 rings (SSSR count). The Balaban J connectivity index is 1.44. The van der Waals surface area contributed by atoms with Gasteiger partial charge in [-0.05, 0) is 60.3 Å². The van der Waals surface area contributed by atoms with E-state index in [2.05, 4.69) is 29.4 Å². The van der Waals surface area contributed by atoms with E-state index >= 15 is 0 Å². The van der Waals surface area contributed by atoms with Crippen molar-refractivity contribution in [2.45, 2.75) is 13.2 Å². The Bertz CT molecular complexity index is 1850. The van der Waals surface area contributed by atoms with Gasteiger partial charge in [0.1, 0.15) is 6.33 Å². The summed E-state index contributed by atoms with van der Waals surface area (Å²) in [5.41, 5.74) is 7.23. The summed E-state index contributed by atoms with van der Waals surface area (Å²) in [6, 6.07) is 16.4. The summed E-state index contributed by atoms with van der Waals surface area (Å²) < 4.78 is 36.4. The smallest absolute Gasteiger partial charge is 0.395 e. The molecule has 0 atom stereocenters. The van der Waals surface area contributed by atoms with E-state index in [1.165, 1.54) is 12.1 Å². The summed E-state index contributed by atoms with van der Waals surface area (Å²) >= 11 is 0. The fourth-order valence-electron chi connectivity index (χ4n) is 4.88. The molecule has 0 fully saturated rings. The van der Waals surface area contributed by atoms with Gasteiger partial charge in [-0.15, -0.1) is 8.78 Å². The molecular formula is C28H17F2N5O2. The number of hydrogen-bond donors (Lipinski definition) is 1. The largest absolute Gasteiger partial charge is 0.586 e. The molecule has 37 heavy (non-hydrogen) atoms. The average molecular weight is 493 g/mol. The number of H-pyrrole nitrogens is 1. The third-order valence-electron chi connectivity index (χ3n) is 6.47. The van der Waals surface area contributed by atoms with E-state index in [9.17, 15) is 8.78 Å². The van der Waals surface area contributed by atoms with Crippen LogP contribution in [0.3, 0.4) is 0 Å². The van der Waals surface area contributed by atoms with Crippen molar-refractivity contribution in [3.63, 3.8) is 0 Å². The molecule has 0 aliphatic carbocycles. The lowest BCUT2D eigenvalue weighted by molar-refractivity contribution is -0.286. The third kappa shape index (κ3) is 3.39. The van der Waals surface area contributed by atoms with Gasteiger partial charge in [0.25, 0.3) is 0 Å². The molecule has 1 N–H and O–H groups in total. The maximum atomic E-state index is 13.6.